The average molecular weight is 325 g/mol. The number of aliphatic hydroxyl groups is 3. The first-order chi connectivity index (χ1) is 10.6. The zero-order chi connectivity index (χ0) is 17.2. The average Bonchev–Trinajstić information content (AvgIpc) is 2.92. The number of rotatable bonds is 2. The van der Waals surface area contributed by atoms with Crippen molar-refractivity contribution in [3.8, 4) is 0 Å². The fourth-order valence-corrected chi connectivity index (χ4v) is 3.03. The maximum atomic E-state index is 11.9. The number of imidazole rings is 1. The molecular weight excluding hydrogens is 306 g/mol. The van der Waals surface area contributed by atoms with Gasteiger partial charge in [0.2, 0.25) is 5.95 Å². The van der Waals surface area contributed by atoms with E-state index in [2.05, 4.69) is 15.0 Å². The van der Waals surface area contributed by atoms with Gasteiger partial charge in [0, 0.05) is 0 Å². The molecule has 0 aliphatic carbocycles. The van der Waals surface area contributed by atoms with Gasteiger partial charge in [-0.25, -0.2) is 4.98 Å². The summed E-state index contributed by atoms with van der Waals surface area (Å²) in [5, 5.41) is 31.0. The molecule has 10 nitrogen and oxygen atoms in total. The van der Waals surface area contributed by atoms with Crippen molar-refractivity contribution in [3.63, 3.8) is 0 Å². The van der Waals surface area contributed by atoms with Crippen LogP contribution in [0.15, 0.2) is 11.1 Å². The first-order valence-electron chi connectivity index (χ1n) is 7.03. The highest BCUT2D eigenvalue weighted by molar-refractivity contribution is 5.71. The third-order valence-corrected chi connectivity index (χ3v) is 4.94. The van der Waals surface area contributed by atoms with Gasteiger partial charge in [0.1, 0.15) is 17.3 Å². The van der Waals surface area contributed by atoms with Crippen molar-refractivity contribution in [1.29, 1.82) is 0 Å². The number of anilines is 1. The summed E-state index contributed by atoms with van der Waals surface area (Å²) in [5.74, 6) is -0.115. The van der Waals surface area contributed by atoms with Crippen LogP contribution in [0.3, 0.4) is 0 Å². The second-order valence-corrected chi connectivity index (χ2v) is 6.23. The molecule has 1 saturated heterocycles. The summed E-state index contributed by atoms with van der Waals surface area (Å²) in [5.41, 5.74) is 0.0541. The number of nitrogen functional groups attached to an aromatic ring is 1. The van der Waals surface area contributed by atoms with Crippen LogP contribution in [0.25, 0.3) is 11.2 Å². The van der Waals surface area contributed by atoms with Gasteiger partial charge in [0.25, 0.3) is 5.56 Å². The Balaban J connectivity index is 2.28. The van der Waals surface area contributed by atoms with Gasteiger partial charge in [-0.3, -0.25) is 14.3 Å². The Bertz CT molecular complexity index is 826. The molecule has 3 rings (SSSR count). The lowest BCUT2D eigenvalue weighted by Crippen LogP contribution is -2.60. The van der Waals surface area contributed by atoms with E-state index in [1.54, 1.807) is 0 Å². The summed E-state index contributed by atoms with van der Waals surface area (Å²) in [7, 11) is 0. The number of ether oxygens (including phenoxy) is 1. The molecule has 0 spiro atoms. The van der Waals surface area contributed by atoms with Gasteiger partial charge in [0.05, 0.1) is 12.9 Å². The van der Waals surface area contributed by atoms with Crippen LogP contribution in [-0.2, 0) is 10.5 Å². The van der Waals surface area contributed by atoms with Crippen molar-refractivity contribution >= 4 is 17.1 Å². The Hall–Kier alpha value is -2.01. The van der Waals surface area contributed by atoms with Gasteiger partial charge in [-0.1, -0.05) is 0 Å². The molecule has 126 valence electrons. The number of H-pyrrole nitrogens is 1. The second-order valence-electron chi connectivity index (χ2n) is 6.23. The van der Waals surface area contributed by atoms with Crippen LogP contribution in [0.1, 0.15) is 20.8 Å². The highest BCUT2D eigenvalue weighted by Gasteiger charge is 2.67. The maximum absolute atomic E-state index is 11.9. The molecule has 1 aliphatic heterocycles. The third-order valence-electron chi connectivity index (χ3n) is 4.94. The lowest BCUT2D eigenvalue weighted by Gasteiger charge is -2.41. The molecule has 2 aromatic rings. The first-order valence-corrected chi connectivity index (χ1v) is 7.03. The van der Waals surface area contributed by atoms with Crippen molar-refractivity contribution < 1.29 is 20.1 Å². The van der Waals surface area contributed by atoms with Crippen molar-refractivity contribution in [2.75, 3.05) is 12.3 Å². The monoisotopic (exact) mass is 325 g/mol. The first kappa shape index (κ1) is 15.9. The molecule has 4 atom stereocenters. The SMILES string of the molecule is C[C@]1(O)[C@](C)(n2cnc3c(=O)[nH]c(N)nc32)O[C@H](CO)[C@@]1(C)O. The van der Waals surface area contributed by atoms with Crippen LogP contribution in [0.4, 0.5) is 5.95 Å². The van der Waals surface area contributed by atoms with E-state index in [4.69, 9.17) is 10.5 Å². The van der Waals surface area contributed by atoms with Crippen LogP contribution in [0.2, 0.25) is 0 Å². The number of hydrogen-bond donors (Lipinski definition) is 5. The molecule has 10 heteroatoms. The number of aromatic amines is 1. The van der Waals surface area contributed by atoms with E-state index in [1.807, 2.05) is 0 Å². The van der Waals surface area contributed by atoms with Crippen LogP contribution in [0.5, 0.6) is 0 Å². The smallest absolute Gasteiger partial charge is 0.280 e. The molecule has 1 fully saturated rings. The molecule has 0 amide bonds. The van der Waals surface area contributed by atoms with E-state index in [-0.39, 0.29) is 17.1 Å². The number of aliphatic hydroxyl groups excluding tert-OH is 1. The normalized spacial score (nSPS) is 37.6. The zero-order valence-electron chi connectivity index (χ0n) is 12.9. The number of nitrogens with two attached hydrogens (primary N) is 1. The van der Waals surface area contributed by atoms with Gasteiger partial charge < -0.3 is 25.8 Å². The number of nitrogens with one attached hydrogen (secondary N) is 1. The zero-order valence-corrected chi connectivity index (χ0v) is 12.9. The minimum absolute atomic E-state index is 0.0203. The topological polar surface area (TPSA) is 160 Å². The summed E-state index contributed by atoms with van der Waals surface area (Å²) in [6.07, 6.45) is 0.232. The van der Waals surface area contributed by atoms with Gasteiger partial charge in [-0.05, 0) is 20.8 Å². The Morgan fingerprint density at radius 3 is 2.65 bits per heavy atom. The highest BCUT2D eigenvalue weighted by atomic mass is 16.6. The fourth-order valence-electron chi connectivity index (χ4n) is 3.03. The Kier molecular flexibility index (Phi) is 3.11. The summed E-state index contributed by atoms with van der Waals surface area (Å²) in [6.45, 7) is 3.76. The second kappa shape index (κ2) is 4.51. The highest BCUT2D eigenvalue weighted by Crippen LogP contribution is 2.49. The molecule has 3 heterocycles. The fraction of sp³-hybridized carbons (Fsp3) is 0.615. The maximum Gasteiger partial charge on any atom is 0.280 e. The molecule has 2 aromatic heterocycles. The van der Waals surface area contributed by atoms with E-state index < -0.39 is 35.2 Å². The molecule has 0 radical (unpaired) electrons. The van der Waals surface area contributed by atoms with Crippen LogP contribution >= 0.6 is 0 Å². The van der Waals surface area contributed by atoms with Crippen LogP contribution < -0.4 is 11.3 Å². The van der Waals surface area contributed by atoms with Gasteiger partial charge >= 0.3 is 0 Å². The lowest BCUT2D eigenvalue weighted by molar-refractivity contribution is -0.185. The van der Waals surface area contributed by atoms with E-state index in [0.717, 1.165) is 0 Å². The number of nitrogens with zero attached hydrogens (tertiary/aromatic N) is 3. The number of hydrogen-bond acceptors (Lipinski definition) is 8. The third kappa shape index (κ3) is 1.80. The van der Waals surface area contributed by atoms with Gasteiger partial charge in [-0.15, -0.1) is 0 Å². The van der Waals surface area contributed by atoms with Gasteiger partial charge in [-0.2, -0.15) is 4.98 Å². The molecule has 23 heavy (non-hydrogen) atoms. The minimum atomic E-state index is -1.82. The van der Waals surface area contributed by atoms with Crippen molar-refractivity contribution in [2.45, 2.75) is 43.8 Å². The predicted octanol–water partition coefficient (Wildman–Crippen LogP) is -1.73. The predicted molar refractivity (Wildman–Crippen MR) is 79.4 cm³/mol. The van der Waals surface area contributed by atoms with E-state index in [0.29, 0.717) is 0 Å². The number of aromatic nitrogens is 4. The quantitative estimate of drug-likeness (QED) is 0.435. The summed E-state index contributed by atoms with van der Waals surface area (Å²) in [4.78, 5) is 22.2. The largest absolute Gasteiger partial charge is 0.394 e. The molecule has 0 aromatic carbocycles. The molecule has 0 unspecified atom stereocenters. The van der Waals surface area contributed by atoms with Crippen molar-refractivity contribution in [1.82, 2.24) is 19.5 Å². The number of fused-ring (bicyclic) bond motifs is 1. The molecule has 0 saturated carbocycles. The summed E-state index contributed by atoms with van der Waals surface area (Å²) < 4.78 is 7.07. The van der Waals surface area contributed by atoms with Crippen LogP contribution in [-0.4, -0.2) is 58.8 Å². The lowest BCUT2D eigenvalue weighted by atomic mass is 9.78. The van der Waals surface area contributed by atoms with Crippen molar-refractivity contribution in [2.24, 2.45) is 0 Å². The molecule has 0 bridgehead atoms. The van der Waals surface area contributed by atoms with E-state index in [9.17, 15) is 20.1 Å². The minimum Gasteiger partial charge on any atom is -0.394 e. The van der Waals surface area contributed by atoms with Gasteiger partial charge in [0.15, 0.2) is 16.9 Å². The van der Waals surface area contributed by atoms with E-state index in [1.165, 1.54) is 31.7 Å². The summed E-state index contributed by atoms with van der Waals surface area (Å²) >= 11 is 0. The molecule has 1 aliphatic rings. The standard InChI is InChI=1S/C13H19N5O5/c1-11(21)6(4-19)23-13(3,12(11,2)22)18-5-15-7-8(18)16-10(14)17-9(7)20/h5-6,19,21-22H,4H2,1-3H3,(H3,14,16,17,20)/t6-,11-,12-,13-/m1/s1. The van der Waals surface area contributed by atoms with Crippen molar-refractivity contribution in [3.05, 3.63) is 16.7 Å². The molecular formula is C13H19N5O5. The van der Waals surface area contributed by atoms with Crippen LogP contribution in [0, 0.1) is 0 Å². The Morgan fingerprint density at radius 2 is 2.09 bits per heavy atom. The Labute approximate surface area is 130 Å². The molecule has 6 N–H and O–H groups in total. The Morgan fingerprint density at radius 1 is 1.43 bits per heavy atom. The summed E-state index contributed by atoms with van der Waals surface area (Å²) in [6, 6.07) is 0. The van der Waals surface area contributed by atoms with E-state index >= 15 is 0 Å².